The lowest BCUT2D eigenvalue weighted by Gasteiger charge is -2.28. The van der Waals surface area contributed by atoms with Crippen molar-refractivity contribution in [3.8, 4) is 0 Å². The molecule has 3 heteroatoms. The number of aryl methyl sites for hydroxylation is 1. The van der Waals surface area contributed by atoms with Gasteiger partial charge in [0.1, 0.15) is 5.82 Å². The van der Waals surface area contributed by atoms with Gasteiger partial charge in [-0.1, -0.05) is 13.8 Å². The number of pyridine rings is 1. The zero-order valence-electron chi connectivity index (χ0n) is 14.3. The van der Waals surface area contributed by atoms with E-state index in [2.05, 4.69) is 57.0 Å². The van der Waals surface area contributed by atoms with Gasteiger partial charge in [0.25, 0.3) is 0 Å². The van der Waals surface area contributed by atoms with Gasteiger partial charge in [-0.3, -0.25) is 0 Å². The Morgan fingerprint density at radius 2 is 1.95 bits per heavy atom. The summed E-state index contributed by atoms with van der Waals surface area (Å²) in [6.45, 7) is 14.3. The van der Waals surface area contributed by atoms with E-state index in [0.717, 1.165) is 37.1 Å². The fraction of sp³-hybridized carbons (Fsp3) is 0.722. The van der Waals surface area contributed by atoms with Crippen LogP contribution in [0.15, 0.2) is 12.1 Å². The minimum Gasteiger partial charge on any atom is -0.354 e. The van der Waals surface area contributed by atoms with Gasteiger partial charge in [-0.2, -0.15) is 0 Å². The van der Waals surface area contributed by atoms with Crippen molar-refractivity contribution in [1.29, 1.82) is 0 Å². The summed E-state index contributed by atoms with van der Waals surface area (Å²) >= 11 is 0. The van der Waals surface area contributed by atoms with E-state index < -0.39 is 0 Å². The topological polar surface area (TPSA) is 28.2 Å². The van der Waals surface area contributed by atoms with Crippen LogP contribution in [-0.4, -0.2) is 24.1 Å². The number of anilines is 1. The predicted molar refractivity (Wildman–Crippen MR) is 90.7 cm³/mol. The Labute approximate surface area is 130 Å². The Kier molecular flexibility index (Phi) is 5.63. The van der Waals surface area contributed by atoms with Gasteiger partial charge in [0.05, 0.1) is 0 Å². The molecular formula is C18H31N3. The van der Waals surface area contributed by atoms with Gasteiger partial charge in [0.15, 0.2) is 0 Å². The molecule has 1 aliphatic carbocycles. The molecule has 1 aliphatic rings. The average Bonchev–Trinajstić information content (AvgIpc) is 3.18. The first kappa shape index (κ1) is 16.3. The van der Waals surface area contributed by atoms with E-state index in [9.17, 15) is 0 Å². The lowest BCUT2D eigenvalue weighted by molar-refractivity contribution is 0.551. The summed E-state index contributed by atoms with van der Waals surface area (Å²) in [6.07, 6.45) is 2.77. The van der Waals surface area contributed by atoms with Crippen LogP contribution in [-0.2, 0) is 6.54 Å². The van der Waals surface area contributed by atoms with Crippen molar-refractivity contribution in [2.45, 2.75) is 60.0 Å². The van der Waals surface area contributed by atoms with Crippen LogP contribution in [0.1, 0.15) is 51.8 Å². The molecular weight excluding hydrogens is 258 g/mol. The van der Waals surface area contributed by atoms with Crippen molar-refractivity contribution in [2.75, 3.05) is 18.0 Å². The third-order valence-corrected chi connectivity index (χ3v) is 3.95. The van der Waals surface area contributed by atoms with Gasteiger partial charge >= 0.3 is 0 Å². The predicted octanol–water partition coefficient (Wildman–Crippen LogP) is 3.76. The first-order valence-electron chi connectivity index (χ1n) is 8.40. The van der Waals surface area contributed by atoms with Gasteiger partial charge in [-0.15, -0.1) is 0 Å². The van der Waals surface area contributed by atoms with E-state index >= 15 is 0 Å². The van der Waals surface area contributed by atoms with E-state index in [0.29, 0.717) is 12.0 Å². The van der Waals surface area contributed by atoms with Crippen molar-refractivity contribution >= 4 is 5.82 Å². The number of nitrogens with one attached hydrogen (secondary N) is 1. The summed E-state index contributed by atoms with van der Waals surface area (Å²) in [5.74, 6) is 2.73. The highest BCUT2D eigenvalue weighted by Gasteiger charge is 2.26. The standard InChI is InChI=1S/C18H31N3/c1-13(2)10-19-11-17-8-15(5)20-18(9-17)21(14(3)4)12-16-6-7-16/h8-9,13-14,16,19H,6-7,10-12H2,1-5H3. The Balaban J connectivity index is 2.08. The molecule has 0 bridgehead atoms. The molecule has 1 heterocycles. The molecule has 2 rings (SSSR count). The van der Waals surface area contributed by atoms with E-state index in [1.54, 1.807) is 0 Å². The molecule has 0 amide bonds. The quantitative estimate of drug-likeness (QED) is 0.790. The summed E-state index contributed by atoms with van der Waals surface area (Å²) in [5, 5.41) is 3.53. The van der Waals surface area contributed by atoms with Crippen molar-refractivity contribution in [2.24, 2.45) is 11.8 Å². The minimum atomic E-state index is 0.511. The van der Waals surface area contributed by atoms with E-state index in [-0.39, 0.29) is 0 Å². The van der Waals surface area contributed by atoms with Crippen LogP contribution in [0.4, 0.5) is 5.82 Å². The fourth-order valence-electron chi connectivity index (χ4n) is 2.62. The largest absolute Gasteiger partial charge is 0.354 e. The molecule has 0 saturated heterocycles. The third-order valence-electron chi connectivity index (χ3n) is 3.95. The van der Waals surface area contributed by atoms with E-state index in [1.807, 2.05) is 0 Å². The van der Waals surface area contributed by atoms with E-state index in [1.165, 1.54) is 18.4 Å². The molecule has 0 spiro atoms. The summed E-state index contributed by atoms with van der Waals surface area (Å²) in [5.41, 5.74) is 2.47. The second-order valence-corrected chi connectivity index (χ2v) is 7.19. The molecule has 1 saturated carbocycles. The Hall–Kier alpha value is -1.09. The SMILES string of the molecule is Cc1cc(CNCC(C)C)cc(N(CC2CC2)C(C)C)n1. The van der Waals surface area contributed by atoms with E-state index in [4.69, 9.17) is 4.98 Å². The first-order chi connectivity index (χ1) is 9.95. The summed E-state index contributed by atoms with van der Waals surface area (Å²) < 4.78 is 0. The Bertz CT molecular complexity index is 450. The van der Waals surface area contributed by atoms with Gasteiger partial charge < -0.3 is 10.2 Å². The minimum absolute atomic E-state index is 0.511. The molecule has 3 nitrogen and oxygen atoms in total. The normalized spacial score (nSPS) is 15.0. The molecule has 1 fully saturated rings. The van der Waals surface area contributed by atoms with Crippen LogP contribution in [0.3, 0.4) is 0 Å². The Morgan fingerprint density at radius 1 is 1.24 bits per heavy atom. The van der Waals surface area contributed by atoms with Gasteiger partial charge in [-0.05, 0) is 69.7 Å². The lowest BCUT2D eigenvalue weighted by Crippen LogP contribution is -2.33. The maximum atomic E-state index is 4.78. The zero-order valence-corrected chi connectivity index (χ0v) is 14.3. The van der Waals surface area contributed by atoms with Crippen LogP contribution in [0.2, 0.25) is 0 Å². The maximum absolute atomic E-state index is 4.78. The third kappa shape index (κ3) is 5.31. The number of hydrogen-bond acceptors (Lipinski definition) is 3. The first-order valence-corrected chi connectivity index (χ1v) is 8.40. The van der Waals surface area contributed by atoms with Gasteiger partial charge in [0.2, 0.25) is 0 Å². The summed E-state index contributed by atoms with van der Waals surface area (Å²) in [7, 11) is 0. The number of rotatable bonds is 8. The lowest BCUT2D eigenvalue weighted by atomic mass is 10.1. The molecule has 1 aromatic rings. The molecule has 118 valence electrons. The molecule has 0 aromatic carbocycles. The summed E-state index contributed by atoms with van der Waals surface area (Å²) in [6, 6.07) is 4.98. The highest BCUT2D eigenvalue weighted by molar-refractivity contribution is 5.43. The molecule has 21 heavy (non-hydrogen) atoms. The fourth-order valence-corrected chi connectivity index (χ4v) is 2.62. The van der Waals surface area contributed by atoms with Crippen molar-refractivity contribution in [1.82, 2.24) is 10.3 Å². The number of aromatic nitrogens is 1. The van der Waals surface area contributed by atoms with Crippen LogP contribution in [0.25, 0.3) is 0 Å². The monoisotopic (exact) mass is 289 g/mol. The smallest absolute Gasteiger partial charge is 0.129 e. The average molecular weight is 289 g/mol. The van der Waals surface area contributed by atoms with Crippen molar-refractivity contribution in [3.05, 3.63) is 23.4 Å². The Morgan fingerprint density at radius 3 is 2.52 bits per heavy atom. The summed E-state index contributed by atoms with van der Waals surface area (Å²) in [4.78, 5) is 7.25. The molecule has 0 radical (unpaired) electrons. The number of nitrogens with zero attached hydrogens (tertiary/aromatic N) is 2. The van der Waals surface area contributed by atoms with Crippen LogP contribution >= 0.6 is 0 Å². The van der Waals surface area contributed by atoms with Crippen molar-refractivity contribution in [3.63, 3.8) is 0 Å². The van der Waals surface area contributed by atoms with Crippen LogP contribution in [0.5, 0.6) is 0 Å². The highest BCUT2D eigenvalue weighted by atomic mass is 15.2. The molecule has 1 N–H and O–H groups in total. The molecule has 0 aliphatic heterocycles. The molecule has 0 atom stereocenters. The van der Waals surface area contributed by atoms with Crippen LogP contribution < -0.4 is 10.2 Å². The van der Waals surface area contributed by atoms with Gasteiger partial charge in [-0.25, -0.2) is 4.98 Å². The van der Waals surface area contributed by atoms with Crippen molar-refractivity contribution < 1.29 is 0 Å². The van der Waals surface area contributed by atoms with Gasteiger partial charge in [0, 0.05) is 24.8 Å². The highest BCUT2D eigenvalue weighted by Crippen LogP contribution is 2.32. The number of hydrogen-bond donors (Lipinski definition) is 1. The second-order valence-electron chi connectivity index (χ2n) is 7.19. The molecule has 1 aromatic heterocycles. The maximum Gasteiger partial charge on any atom is 0.129 e. The molecule has 0 unspecified atom stereocenters. The van der Waals surface area contributed by atoms with Crippen LogP contribution in [0, 0.1) is 18.8 Å². The second kappa shape index (κ2) is 7.26. The zero-order chi connectivity index (χ0) is 15.4.